The third-order valence-electron chi connectivity index (χ3n) is 3.96. The van der Waals surface area contributed by atoms with Crippen LogP contribution in [0.3, 0.4) is 0 Å². The number of fused-ring (bicyclic) bond motifs is 1. The number of hydrogen-bond acceptors (Lipinski definition) is 2. The Morgan fingerprint density at radius 1 is 0.538 bits per heavy atom. The van der Waals surface area contributed by atoms with Crippen LogP contribution in [0.2, 0.25) is 0 Å². The topological polar surface area (TPSA) is 25.8 Å². The highest BCUT2D eigenvalue weighted by atomic mass is 79.9. The van der Waals surface area contributed by atoms with E-state index >= 15 is 0 Å². The fourth-order valence-corrected chi connectivity index (χ4v) is 3.51. The lowest BCUT2D eigenvalue weighted by atomic mass is 10.0. The number of nitrogens with zero attached hydrogens (tertiary/aromatic N) is 2. The van der Waals surface area contributed by atoms with Crippen LogP contribution >= 0.6 is 31.9 Å². The molecular weight excluding hydrogens is 466 g/mol. The summed E-state index contributed by atoms with van der Waals surface area (Å²) >= 11 is 7.01. The van der Waals surface area contributed by atoms with Gasteiger partial charge in [-0.15, -0.1) is 0 Å². The van der Waals surface area contributed by atoms with Crippen molar-refractivity contribution in [3.05, 3.63) is 81.2 Å². The molecule has 0 amide bonds. The maximum Gasteiger partial charge on any atom is 0.123 e. The summed E-state index contributed by atoms with van der Waals surface area (Å²) in [4.78, 5) is 9.56. The monoisotopic (exact) mass is 474 g/mol. The molecule has 0 fully saturated rings. The third-order valence-corrected chi connectivity index (χ3v) is 5.24. The molecule has 3 aromatic carbocycles. The molecule has 0 unspecified atom stereocenters. The second-order valence-corrected chi connectivity index (χ2v) is 7.37. The Kier molecular flexibility index (Phi) is 4.54. The normalized spacial score (nSPS) is 11.1. The summed E-state index contributed by atoms with van der Waals surface area (Å²) in [6.07, 6.45) is 0. The third kappa shape index (κ3) is 3.15. The first-order chi connectivity index (χ1) is 12.5. The zero-order valence-corrected chi connectivity index (χ0v) is 16.4. The Bertz CT molecular complexity index is 1020. The molecule has 6 heteroatoms. The van der Waals surface area contributed by atoms with Gasteiger partial charge in [0.1, 0.15) is 22.7 Å². The van der Waals surface area contributed by atoms with Crippen LogP contribution in [0, 0.1) is 11.6 Å². The van der Waals surface area contributed by atoms with Crippen LogP contribution in [0.1, 0.15) is 0 Å². The van der Waals surface area contributed by atoms with E-state index in [-0.39, 0.29) is 11.6 Å². The summed E-state index contributed by atoms with van der Waals surface area (Å²) in [7, 11) is 0. The number of aromatic nitrogens is 2. The SMILES string of the molecule is Fc1ccc(-c2nc3c(Br)ccc(Br)c3nc2-c2ccc(F)cc2)cc1. The molecular formula is C20H10Br2F2N2. The Hall–Kier alpha value is -2.18. The van der Waals surface area contributed by atoms with E-state index in [1.807, 2.05) is 12.1 Å². The molecule has 0 radical (unpaired) electrons. The molecule has 4 aromatic rings. The van der Waals surface area contributed by atoms with Gasteiger partial charge in [-0.25, -0.2) is 18.7 Å². The van der Waals surface area contributed by atoms with Crippen molar-refractivity contribution in [3.8, 4) is 22.5 Å². The molecule has 0 aliphatic heterocycles. The lowest BCUT2D eigenvalue weighted by Crippen LogP contribution is -1.97. The van der Waals surface area contributed by atoms with E-state index in [0.717, 1.165) is 20.1 Å². The van der Waals surface area contributed by atoms with Gasteiger partial charge in [0.05, 0.1) is 11.4 Å². The van der Waals surface area contributed by atoms with E-state index in [0.29, 0.717) is 22.4 Å². The van der Waals surface area contributed by atoms with Crippen molar-refractivity contribution >= 4 is 42.9 Å². The Balaban J connectivity index is 2.06. The second kappa shape index (κ2) is 6.85. The van der Waals surface area contributed by atoms with Crippen molar-refractivity contribution in [1.29, 1.82) is 0 Å². The average Bonchev–Trinajstić information content (AvgIpc) is 2.65. The Labute approximate surface area is 165 Å². The van der Waals surface area contributed by atoms with Gasteiger partial charge in [-0.3, -0.25) is 0 Å². The number of benzene rings is 3. The molecule has 0 spiro atoms. The van der Waals surface area contributed by atoms with E-state index in [9.17, 15) is 8.78 Å². The standard InChI is InChI=1S/C20H10Br2F2N2/c21-15-9-10-16(22)20-19(15)25-17(11-1-5-13(23)6-2-11)18(26-20)12-3-7-14(24)8-4-12/h1-10H. The molecule has 1 heterocycles. The Morgan fingerprint density at radius 3 is 1.23 bits per heavy atom. The average molecular weight is 476 g/mol. The van der Waals surface area contributed by atoms with E-state index < -0.39 is 0 Å². The van der Waals surface area contributed by atoms with Gasteiger partial charge in [0.2, 0.25) is 0 Å². The quantitative estimate of drug-likeness (QED) is 0.319. The molecule has 2 nitrogen and oxygen atoms in total. The summed E-state index contributed by atoms with van der Waals surface area (Å²) in [6.45, 7) is 0. The van der Waals surface area contributed by atoms with Gasteiger partial charge in [-0.2, -0.15) is 0 Å². The van der Waals surface area contributed by atoms with Gasteiger partial charge in [0.25, 0.3) is 0 Å². The molecule has 128 valence electrons. The molecule has 1 aromatic heterocycles. The fraction of sp³-hybridized carbons (Fsp3) is 0. The largest absolute Gasteiger partial charge is 0.243 e. The Morgan fingerprint density at radius 2 is 0.885 bits per heavy atom. The van der Waals surface area contributed by atoms with Crippen molar-refractivity contribution in [3.63, 3.8) is 0 Å². The lowest BCUT2D eigenvalue weighted by molar-refractivity contribution is 0.627. The molecule has 4 rings (SSSR count). The van der Waals surface area contributed by atoms with Gasteiger partial charge in [-0.1, -0.05) is 0 Å². The molecule has 0 saturated carbocycles. The number of hydrogen-bond donors (Lipinski definition) is 0. The smallest absolute Gasteiger partial charge is 0.123 e. The van der Waals surface area contributed by atoms with Crippen LogP contribution in [0.25, 0.3) is 33.5 Å². The van der Waals surface area contributed by atoms with Crippen LogP contribution in [-0.4, -0.2) is 9.97 Å². The summed E-state index contributed by atoms with van der Waals surface area (Å²) in [5.74, 6) is -0.649. The first-order valence-electron chi connectivity index (χ1n) is 7.70. The van der Waals surface area contributed by atoms with Crippen molar-refractivity contribution in [2.24, 2.45) is 0 Å². The van der Waals surface area contributed by atoms with Crippen LogP contribution in [0.4, 0.5) is 8.78 Å². The van der Waals surface area contributed by atoms with Crippen molar-refractivity contribution < 1.29 is 8.78 Å². The summed E-state index contributed by atoms with van der Waals surface area (Å²) < 4.78 is 28.3. The maximum atomic E-state index is 13.3. The maximum absolute atomic E-state index is 13.3. The summed E-state index contributed by atoms with van der Waals surface area (Å²) in [6, 6.07) is 15.9. The van der Waals surface area contributed by atoms with Crippen LogP contribution in [0.5, 0.6) is 0 Å². The molecule has 0 saturated heterocycles. The van der Waals surface area contributed by atoms with E-state index in [1.165, 1.54) is 24.3 Å². The van der Waals surface area contributed by atoms with E-state index in [2.05, 4.69) is 31.9 Å². The predicted octanol–water partition coefficient (Wildman–Crippen LogP) is 6.77. The molecule has 0 aliphatic rings. The highest BCUT2D eigenvalue weighted by molar-refractivity contribution is 9.11. The van der Waals surface area contributed by atoms with E-state index in [4.69, 9.17) is 9.97 Å². The minimum absolute atomic E-state index is 0.324. The van der Waals surface area contributed by atoms with Crippen molar-refractivity contribution in [1.82, 2.24) is 9.97 Å². The van der Waals surface area contributed by atoms with Gasteiger partial charge in [-0.05, 0) is 92.5 Å². The van der Waals surface area contributed by atoms with Crippen LogP contribution in [-0.2, 0) is 0 Å². The zero-order valence-electron chi connectivity index (χ0n) is 13.2. The predicted molar refractivity (Wildman–Crippen MR) is 106 cm³/mol. The number of rotatable bonds is 2. The van der Waals surface area contributed by atoms with Gasteiger partial charge >= 0.3 is 0 Å². The minimum Gasteiger partial charge on any atom is -0.243 e. The summed E-state index contributed by atoms with van der Waals surface area (Å²) in [5.41, 5.74) is 4.03. The summed E-state index contributed by atoms with van der Waals surface area (Å²) in [5, 5.41) is 0. The van der Waals surface area contributed by atoms with Gasteiger partial charge in [0.15, 0.2) is 0 Å². The van der Waals surface area contributed by atoms with Gasteiger partial charge in [0, 0.05) is 20.1 Å². The van der Waals surface area contributed by atoms with Crippen molar-refractivity contribution in [2.45, 2.75) is 0 Å². The number of halogens is 4. The second-order valence-electron chi connectivity index (χ2n) is 5.66. The molecule has 0 aliphatic carbocycles. The highest BCUT2D eigenvalue weighted by Crippen LogP contribution is 2.35. The molecule has 26 heavy (non-hydrogen) atoms. The minimum atomic E-state index is -0.324. The first-order valence-corrected chi connectivity index (χ1v) is 9.29. The van der Waals surface area contributed by atoms with Crippen molar-refractivity contribution in [2.75, 3.05) is 0 Å². The van der Waals surface area contributed by atoms with Gasteiger partial charge < -0.3 is 0 Å². The lowest BCUT2D eigenvalue weighted by Gasteiger charge is -2.12. The van der Waals surface area contributed by atoms with Crippen LogP contribution in [0.15, 0.2) is 69.6 Å². The van der Waals surface area contributed by atoms with Crippen LogP contribution < -0.4 is 0 Å². The fourth-order valence-electron chi connectivity index (χ4n) is 2.69. The highest BCUT2D eigenvalue weighted by Gasteiger charge is 2.16. The first kappa shape index (κ1) is 17.2. The molecule has 0 bridgehead atoms. The molecule has 0 atom stereocenters. The molecule has 0 N–H and O–H groups in total. The zero-order chi connectivity index (χ0) is 18.3. The van der Waals surface area contributed by atoms with E-state index in [1.54, 1.807) is 24.3 Å².